The Labute approximate surface area is 130 Å². The Hall–Kier alpha value is -2.58. The first-order chi connectivity index (χ1) is 10.8. The molecule has 0 aliphatic rings. The summed E-state index contributed by atoms with van der Waals surface area (Å²) in [6.07, 6.45) is 5.37. The lowest BCUT2D eigenvalue weighted by Crippen LogP contribution is -2.27. The Morgan fingerprint density at radius 3 is 2.68 bits per heavy atom. The van der Waals surface area contributed by atoms with Crippen LogP contribution in [0.25, 0.3) is 0 Å². The maximum atomic E-state index is 12.1. The van der Waals surface area contributed by atoms with Gasteiger partial charge in [0.2, 0.25) is 0 Å². The predicted molar refractivity (Wildman–Crippen MR) is 82.9 cm³/mol. The van der Waals surface area contributed by atoms with Crippen LogP contribution >= 0.6 is 0 Å². The highest BCUT2D eigenvalue weighted by Gasteiger charge is 2.11. The zero-order valence-corrected chi connectivity index (χ0v) is 12.4. The van der Waals surface area contributed by atoms with E-state index in [1.54, 1.807) is 6.20 Å². The number of hydrogen-bond donors (Lipinski definition) is 0. The second-order valence-electron chi connectivity index (χ2n) is 4.93. The van der Waals surface area contributed by atoms with Crippen LogP contribution in [0.3, 0.4) is 0 Å². The molecule has 0 N–H and O–H groups in total. The summed E-state index contributed by atoms with van der Waals surface area (Å²) < 4.78 is 0. The van der Waals surface area contributed by atoms with E-state index in [1.807, 2.05) is 30.3 Å². The van der Waals surface area contributed by atoms with Crippen molar-refractivity contribution >= 4 is 5.78 Å². The van der Waals surface area contributed by atoms with Crippen molar-refractivity contribution in [3.05, 3.63) is 60.2 Å². The van der Waals surface area contributed by atoms with Gasteiger partial charge in [0.25, 0.3) is 0 Å². The Morgan fingerprint density at radius 1 is 1.18 bits per heavy atom. The number of benzene rings is 1. The number of hydrogen-bond acceptors (Lipinski definition) is 5. The van der Waals surface area contributed by atoms with Crippen LogP contribution in [0.1, 0.15) is 28.9 Å². The molecule has 0 spiro atoms. The van der Waals surface area contributed by atoms with E-state index in [9.17, 15) is 4.79 Å². The standard InChI is InChI=1S/C17H18N4O/c18-8-4-11-21(14-15-5-2-1-3-6-15)12-7-17(22)16-13-19-9-10-20-16/h1-3,5-6,9-10,13H,4,7,11-12,14H2. The molecule has 0 fully saturated rings. The minimum atomic E-state index is -0.0249. The van der Waals surface area contributed by atoms with Gasteiger partial charge in [0.05, 0.1) is 12.3 Å². The second-order valence-corrected chi connectivity index (χ2v) is 4.93. The van der Waals surface area contributed by atoms with Crippen molar-refractivity contribution in [3.8, 4) is 6.07 Å². The summed E-state index contributed by atoms with van der Waals surface area (Å²) in [6, 6.07) is 12.2. The molecule has 0 bridgehead atoms. The number of ketones is 1. The summed E-state index contributed by atoms with van der Waals surface area (Å²) in [4.78, 5) is 22.1. The van der Waals surface area contributed by atoms with Gasteiger partial charge < -0.3 is 0 Å². The molecule has 0 atom stereocenters. The summed E-state index contributed by atoms with van der Waals surface area (Å²) in [7, 11) is 0. The fourth-order valence-corrected chi connectivity index (χ4v) is 2.15. The van der Waals surface area contributed by atoms with Gasteiger partial charge in [-0.15, -0.1) is 0 Å². The molecule has 1 aromatic carbocycles. The van der Waals surface area contributed by atoms with Gasteiger partial charge >= 0.3 is 0 Å². The normalized spacial score (nSPS) is 10.4. The third kappa shape index (κ3) is 5.08. The quantitative estimate of drug-likeness (QED) is 0.699. The van der Waals surface area contributed by atoms with Crippen molar-refractivity contribution in [3.63, 3.8) is 0 Å². The number of carbonyl (C=O) groups is 1. The van der Waals surface area contributed by atoms with Gasteiger partial charge in [-0.25, -0.2) is 4.98 Å². The molecular formula is C17H18N4O. The molecule has 0 aliphatic heterocycles. The molecular weight excluding hydrogens is 276 g/mol. The highest BCUT2D eigenvalue weighted by Crippen LogP contribution is 2.07. The lowest BCUT2D eigenvalue weighted by molar-refractivity contribution is 0.0957. The zero-order chi connectivity index (χ0) is 15.6. The number of carbonyl (C=O) groups excluding carboxylic acids is 1. The van der Waals surface area contributed by atoms with E-state index in [-0.39, 0.29) is 5.78 Å². The Balaban J connectivity index is 1.92. The number of Topliss-reactive ketones (excluding diaryl/α,β-unsaturated/α-hetero) is 1. The van der Waals surface area contributed by atoms with Crippen molar-refractivity contribution in [2.24, 2.45) is 0 Å². The van der Waals surface area contributed by atoms with E-state index in [0.717, 1.165) is 6.54 Å². The van der Waals surface area contributed by atoms with E-state index in [2.05, 4.69) is 20.9 Å². The summed E-state index contributed by atoms with van der Waals surface area (Å²) in [5.41, 5.74) is 1.56. The summed E-state index contributed by atoms with van der Waals surface area (Å²) in [5, 5.41) is 8.77. The minimum absolute atomic E-state index is 0.0249. The van der Waals surface area contributed by atoms with E-state index in [1.165, 1.54) is 18.0 Å². The van der Waals surface area contributed by atoms with Crippen LogP contribution in [-0.4, -0.2) is 33.7 Å². The van der Waals surface area contributed by atoms with Crippen LogP contribution in [0.5, 0.6) is 0 Å². The number of nitrogens with zero attached hydrogens (tertiary/aromatic N) is 4. The third-order valence-corrected chi connectivity index (χ3v) is 3.29. The van der Waals surface area contributed by atoms with Crippen molar-refractivity contribution in [1.29, 1.82) is 5.26 Å². The van der Waals surface area contributed by atoms with Crippen LogP contribution in [0.15, 0.2) is 48.9 Å². The molecule has 1 heterocycles. The van der Waals surface area contributed by atoms with E-state index >= 15 is 0 Å². The molecule has 112 valence electrons. The van der Waals surface area contributed by atoms with Gasteiger partial charge in [-0.1, -0.05) is 30.3 Å². The number of rotatable bonds is 8. The van der Waals surface area contributed by atoms with Crippen LogP contribution < -0.4 is 0 Å². The zero-order valence-electron chi connectivity index (χ0n) is 12.4. The maximum Gasteiger partial charge on any atom is 0.184 e. The molecule has 0 unspecified atom stereocenters. The average molecular weight is 294 g/mol. The van der Waals surface area contributed by atoms with Crippen LogP contribution in [-0.2, 0) is 6.54 Å². The van der Waals surface area contributed by atoms with Gasteiger partial charge in [-0.3, -0.25) is 14.7 Å². The molecule has 22 heavy (non-hydrogen) atoms. The molecule has 0 radical (unpaired) electrons. The summed E-state index contributed by atoms with van der Waals surface area (Å²) in [6.45, 7) is 1.99. The molecule has 0 aliphatic carbocycles. The highest BCUT2D eigenvalue weighted by molar-refractivity contribution is 5.93. The van der Waals surface area contributed by atoms with E-state index in [0.29, 0.717) is 31.6 Å². The van der Waals surface area contributed by atoms with Gasteiger partial charge in [0.1, 0.15) is 5.69 Å². The summed E-state index contributed by atoms with van der Waals surface area (Å²) in [5.74, 6) is -0.0249. The smallest absolute Gasteiger partial charge is 0.184 e. The largest absolute Gasteiger partial charge is 0.298 e. The average Bonchev–Trinajstić information content (AvgIpc) is 2.58. The minimum Gasteiger partial charge on any atom is -0.298 e. The molecule has 5 heteroatoms. The first-order valence-corrected chi connectivity index (χ1v) is 7.22. The predicted octanol–water partition coefficient (Wildman–Crippen LogP) is 2.47. The maximum absolute atomic E-state index is 12.1. The third-order valence-electron chi connectivity index (χ3n) is 3.29. The van der Waals surface area contributed by atoms with Crippen molar-refractivity contribution < 1.29 is 4.79 Å². The molecule has 5 nitrogen and oxygen atoms in total. The molecule has 2 rings (SSSR count). The van der Waals surface area contributed by atoms with Gasteiger partial charge in [0.15, 0.2) is 5.78 Å². The van der Waals surface area contributed by atoms with Gasteiger partial charge in [-0.2, -0.15) is 5.26 Å². The highest BCUT2D eigenvalue weighted by atomic mass is 16.1. The monoisotopic (exact) mass is 294 g/mol. The van der Waals surface area contributed by atoms with Crippen LogP contribution in [0.2, 0.25) is 0 Å². The Kier molecular flexibility index (Phi) is 6.21. The van der Waals surface area contributed by atoms with Crippen LogP contribution in [0.4, 0.5) is 0 Å². The van der Waals surface area contributed by atoms with E-state index in [4.69, 9.17) is 5.26 Å². The lowest BCUT2D eigenvalue weighted by atomic mass is 10.1. The van der Waals surface area contributed by atoms with Gasteiger partial charge in [-0.05, 0) is 5.56 Å². The molecule has 0 saturated carbocycles. The lowest BCUT2D eigenvalue weighted by Gasteiger charge is -2.20. The first-order valence-electron chi connectivity index (χ1n) is 7.22. The van der Waals surface area contributed by atoms with Crippen molar-refractivity contribution in [1.82, 2.24) is 14.9 Å². The van der Waals surface area contributed by atoms with E-state index < -0.39 is 0 Å². The molecule has 2 aromatic rings. The topological polar surface area (TPSA) is 69.9 Å². The van der Waals surface area contributed by atoms with Crippen molar-refractivity contribution in [2.45, 2.75) is 19.4 Å². The second kappa shape index (κ2) is 8.65. The SMILES string of the molecule is N#CCCN(CCC(=O)c1cnccn1)Cc1ccccc1. The summed E-state index contributed by atoms with van der Waals surface area (Å²) >= 11 is 0. The number of aromatic nitrogens is 2. The Morgan fingerprint density at radius 2 is 2.00 bits per heavy atom. The van der Waals surface area contributed by atoms with Crippen molar-refractivity contribution in [2.75, 3.05) is 13.1 Å². The Bertz CT molecular complexity index is 622. The fraction of sp³-hybridized carbons (Fsp3) is 0.294. The molecule has 0 amide bonds. The van der Waals surface area contributed by atoms with Crippen LogP contribution in [0, 0.1) is 11.3 Å². The molecule has 1 aromatic heterocycles. The number of nitriles is 1. The van der Waals surface area contributed by atoms with Gasteiger partial charge in [0, 0.05) is 44.9 Å². The molecule has 0 saturated heterocycles. The first kappa shape index (κ1) is 15.8. The fourth-order valence-electron chi connectivity index (χ4n) is 2.15.